The van der Waals surface area contributed by atoms with Crippen LogP contribution in [-0.4, -0.2) is 0 Å². The molecule has 2 atom stereocenters. The van der Waals surface area contributed by atoms with E-state index in [2.05, 4.69) is 41.5 Å². The van der Waals surface area contributed by atoms with Gasteiger partial charge in [0.15, 0.2) is 0 Å². The molecule has 0 bridgehead atoms. The summed E-state index contributed by atoms with van der Waals surface area (Å²) in [6.07, 6.45) is 7.08. The Hall–Kier alpha value is 0. The van der Waals surface area contributed by atoms with Crippen molar-refractivity contribution < 1.29 is 0 Å². The summed E-state index contributed by atoms with van der Waals surface area (Å²) in [7, 11) is 0. The monoisotopic (exact) mass is 224 g/mol. The van der Waals surface area contributed by atoms with E-state index in [1.807, 2.05) is 0 Å². The molecule has 0 aromatic heterocycles. The Balaban J connectivity index is 2.78. The lowest BCUT2D eigenvalue weighted by Crippen LogP contribution is -2.44. The predicted octanol–water partition coefficient (Wildman–Crippen LogP) is 5.52. The highest BCUT2D eigenvalue weighted by atomic mass is 14.5. The molecular formula is C16H32. The first kappa shape index (κ1) is 14.1. The second-order valence-corrected chi connectivity index (χ2v) is 6.39. The van der Waals surface area contributed by atoms with Crippen molar-refractivity contribution >= 4 is 0 Å². The molecule has 0 nitrogen and oxygen atoms in total. The van der Waals surface area contributed by atoms with Gasteiger partial charge in [0.1, 0.15) is 0 Å². The maximum absolute atomic E-state index is 2.52. The van der Waals surface area contributed by atoms with Crippen LogP contribution in [0, 0.1) is 29.1 Å². The van der Waals surface area contributed by atoms with E-state index in [-0.39, 0.29) is 0 Å². The third kappa shape index (κ3) is 2.31. The Bertz CT molecular complexity index is 196. The van der Waals surface area contributed by atoms with Crippen LogP contribution >= 0.6 is 0 Å². The second-order valence-electron chi connectivity index (χ2n) is 6.39. The summed E-state index contributed by atoms with van der Waals surface area (Å²) in [5.74, 6) is 3.79. The van der Waals surface area contributed by atoms with E-state index in [4.69, 9.17) is 0 Å². The lowest BCUT2D eigenvalue weighted by molar-refractivity contribution is -0.0307. The molecule has 1 fully saturated rings. The number of hydrogen-bond donors (Lipinski definition) is 0. The first-order valence-electron chi connectivity index (χ1n) is 7.51. The molecular weight excluding hydrogens is 192 g/mol. The van der Waals surface area contributed by atoms with Crippen LogP contribution < -0.4 is 0 Å². The first-order chi connectivity index (χ1) is 7.51. The fourth-order valence-corrected chi connectivity index (χ4v) is 4.14. The van der Waals surface area contributed by atoms with E-state index in [9.17, 15) is 0 Å². The van der Waals surface area contributed by atoms with Gasteiger partial charge in [-0.3, -0.25) is 0 Å². The van der Waals surface area contributed by atoms with Crippen LogP contribution in [0.5, 0.6) is 0 Å². The zero-order chi connectivity index (χ0) is 12.3. The fourth-order valence-electron chi connectivity index (χ4n) is 4.14. The van der Waals surface area contributed by atoms with E-state index < -0.39 is 0 Å². The van der Waals surface area contributed by atoms with Crippen molar-refractivity contribution in [3.05, 3.63) is 0 Å². The van der Waals surface area contributed by atoms with Gasteiger partial charge in [-0.25, -0.2) is 0 Å². The van der Waals surface area contributed by atoms with Crippen molar-refractivity contribution in [1.29, 1.82) is 0 Å². The summed E-state index contributed by atoms with van der Waals surface area (Å²) in [5.41, 5.74) is 0.641. The fraction of sp³-hybridized carbons (Fsp3) is 1.00. The summed E-state index contributed by atoms with van der Waals surface area (Å²) >= 11 is 0. The third-order valence-electron chi connectivity index (χ3n) is 5.91. The summed E-state index contributed by atoms with van der Waals surface area (Å²) < 4.78 is 0. The van der Waals surface area contributed by atoms with Gasteiger partial charge in [-0.1, -0.05) is 48.0 Å². The maximum Gasteiger partial charge on any atom is -0.0246 e. The highest BCUT2D eigenvalue weighted by Gasteiger charge is 2.46. The molecule has 1 saturated carbocycles. The van der Waals surface area contributed by atoms with Crippen LogP contribution in [-0.2, 0) is 0 Å². The predicted molar refractivity (Wildman–Crippen MR) is 73.5 cm³/mol. The molecule has 0 amide bonds. The molecule has 0 aromatic rings. The molecule has 0 heterocycles. The molecule has 0 aliphatic heterocycles. The van der Waals surface area contributed by atoms with Gasteiger partial charge < -0.3 is 0 Å². The van der Waals surface area contributed by atoms with Crippen molar-refractivity contribution in [3.8, 4) is 0 Å². The van der Waals surface area contributed by atoms with Gasteiger partial charge >= 0.3 is 0 Å². The molecule has 16 heavy (non-hydrogen) atoms. The van der Waals surface area contributed by atoms with Gasteiger partial charge in [0.25, 0.3) is 0 Å². The van der Waals surface area contributed by atoms with E-state index >= 15 is 0 Å². The van der Waals surface area contributed by atoms with Crippen molar-refractivity contribution in [2.45, 2.75) is 73.6 Å². The van der Waals surface area contributed by atoms with Gasteiger partial charge in [0.2, 0.25) is 0 Å². The minimum Gasteiger partial charge on any atom is -0.0651 e. The second kappa shape index (κ2) is 5.56. The van der Waals surface area contributed by atoms with Gasteiger partial charge in [-0.15, -0.1) is 0 Å². The van der Waals surface area contributed by atoms with Crippen LogP contribution in [0.1, 0.15) is 73.6 Å². The summed E-state index contributed by atoms with van der Waals surface area (Å²) in [4.78, 5) is 0. The molecule has 0 spiro atoms. The summed E-state index contributed by atoms with van der Waals surface area (Å²) in [6, 6.07) is 0. The van der Waals surface area contributed by atoms with Gasteiger partial charge in [0, 0.05) is 0 Å². The van der Waals surface area contributed by atoms with E-state index in [0.29, 0.717) is 5.41 Å². The standard InChI is InChI=1S/C16H32/c1-7-13(5)14(6)16(8-2,9-3)15-10-12(4)11-15/h12-15H,7-11H2,1-6H3. The molecule has 1 rings (SSSR count). The lowest BCUT2D eigenvalue weighted by atomic mass is 9.52. The lowest BCUT2D eigenvalue weighted by Gasteiger charge is -2.53. The van der Waals surface area contributed by atoms with E-state index in [1.165, 1.54) is 32.1 Å². The normalized spacial score (nSPS) is 29.6. The summed E-state index contributed by atoms with van der Waals surface area (Å²) in [6.45, 7) is 14.6. The molecule has 1 aliphatic rings. The SMILES string of the molecule is CCC(C)C(C)C(CC)(CC)C1CC(C)C1. The molecule has 96 valence electrons. The Morgan fingerprint density at radius 3 is 1.88 bits per heavy atom. The van der Waals surface area contributed by atoms with Crippen LogP contribution in [0.15, 0.2) is 0 Å². The quantitative estimate of drug-likeness (QED) is 0.557. The zero-order valence-electron chi connectivity index (χ0n) is 12.3. The largest absolute Gasteiger partial charge is 0.0651 e. The van der Waals surface area contributed by atoms with Gasteiger partial charge in [-0.2, -0.15) is 0 Å². The summed E-state index contributed by atoms with van der Waals surface area (Å²) in [5, 5.41) is 0. The topological polar surface area (TPSA) is 0 Å². The minimum absolute atomic E-state index is 0.641. The maximum atomic E-state index is 2.52. The zero-order valence-corrected chi connectivity index (χ0v) is 12.3. The average Bonchev–Trinajstić information content (AvgIpc) is 2.27. The van der Waals surface area contributed by atoms with Crippen molar-refractivity contribution in [1.82, 2.24) is 0 Å². The Morgan fingerprint density at radius 1 is 1.06 bits per heavy atom. The van der Waals surface area contributed by atoms with Crippen molar-refractivity contribution in [3.63, 3.8) is 0 Å². The molecule has 0 heteroatoms. The Morgan fingerprint density at radius 2 is 1.56 bits per heavy atom. The molecule has 0 N–H and O–H groups in total. The van der Waals surface area contributed by atoms with Crippen LogP contribution in [0.2, 0.25) is 0 Å². The van der Waals surface area contributed by atoms with Crippen molar-refractivity contribution in [2.75, 3.05) is 0 Å². The van der Waals surface area contributed by atoms with E-state index in [0.717, 1.165) is 23.7 Å². The smallest absolute Gasteiger partial charge is 0.0246 e. The highest BCUT2D eigenvalue weighted by molar-refractivity contribution is 4.95. The van der Waals surface area contributed by atoms with Gasteiger partial charge in [-0.05, 0) is 54.8 Å². The molecule has 2 unspecified atom stereocenters. The highest BCUT2D eigenvalue weighted by Crippen LogP contribution is 2.55. The van der Waals surface area contributed by atoms with Crippen LogP contribution in [0.25, 0.3) is 0 Å². The minimum atomic E-state index is 0.641. The molecule has 0 aromatic carbocycles. The van der Waals surface area contributed by atoms with Gasteiger partial charge in [0.05, 0.1) is 0 Å². The van der Waals surface area contributed by atoms with Crippen LogP contribution in [0.3, 0.4) is 0 Å². The number of rotatable bonds is 6. The van der Waals surface area contributed by atoms with Crippen molar-refractivity contribution in [2.24, 2.45) is 29.1 Å². The average molecular weight is 224 g/mol. The molecule has 0 radical (unpaired) electrons. The molecule has 0 saturated heterocycles. The molecule has 1 aliphatic carbocycles. The van der Waals surface area contributed by atoms with E-state index in [1.54, 1.807) is 0 Å². The third-order valence-corrected chi connectivity index (χ3v) is 5.91. The van der Waals surface area contributed by atoms with Crippen LogP contribution in [0.4, 0.5) is 0 Å². The first-order valence-corrected chi connectivity index (χ1v) is 7.51. The number of hydrogen-bond acceptors (Lipinski definition) is 0. The Kier molecular flexibility index (Phi) is 4.88. The Labute approximate surface area is 103 Å².